The minimum Gasteiger partial charge on any atom is -0.310 e. The smallest absolute Gasteiger partial charge is 0.0645 e. The van der Waals surface area contributed by atoms with Crippen LogP contribution in [-0.4, -0.2) is 4.57 Å². The summed E-state index contributed by atoms with van der Waals surface area (Å²) in [5.41, 5.74) is 9.18. The van der Waals surface area contributed by atoms with E-state index in [4.69, 9.17) is 6.85 Å². The van der Waals surface area contributed by atoms with Gasteiger partial charge >= 0.3 is 0 Å². The normalized spacial score (nSPS) is 13.2. The molecule has 0 bridgehead atoms. The van der Waals surface area contributed by atoms with Gasteiger partial charge in [0.05, 0.1) is 26.3 Å². The maximum absolute atomic E-state index is 9.55. The molecule has 5 heteroatoms. The second kappa shape index (κ2) is 16.8. The molecule has 0 fully saturated rings. The molecule has 0 unspecified atom stereocenters. The van der Waals surface area contributed by atoms with Crippen LogP contribution in [0.15, 0.2) is 261 Å². The highest BCUT2D eigenvalue weighted by molar-refractivity contribution is 7.26. The minimum atomic E-state index is -0.490. The van der Waals surface area contributed by atoms with Crippen molar-refractivity contribution in [1.29, 1.82) is 0 Å². The lowest BCUT2D eigenvalue weighted by Gasteiger charge is -2.30. The van der Waals surface area contributed by atoms with Gasteiger partial charge in [0.2, 0.25) is 0 Å². The summed E-state index contributed by atoms with van der Waals surface area (Å²) in [5, 5.41) is 8.42. The first-order valence-corrected chi connectivity index (χ1v) is 25.9. The van der Waals surface area contributed by atoms with Gasteiger partial charge in [0, 0.05) is 90.6 Å². The van der Waals surface area contributed by atoms with Crippen molar-refractivity contribution in [2.75, 3.05) is 9.80 Å². The lowest BCUT2D eigenvalue weighted by molar-refractivity contribution is 1.20. The number of anilines is 6. The quantitative estimate of drug-likeness (QED) is 0.150. The standard InChI is InChI=1S/C68H43N3S2/c1-3-19-48(20-4-1)69(50-32-36-66-58(42-50)56-25-11-13-28-64(56)72-66)52-38-47(39-53(41-52)70(49-21-5-2-6-22-49)51-33-37-67-59(43-51)57-26-12-14-29-65(57)73-67)46-31-34-62-60(40-46)68-55-24-10-8-17-45(55)30-35-63(68)71(62)61-27-15-18-44-16-7-9-23-54(44)61/h1-43H/i7D,9D,15D,16D,18D,23D,27D. The van der Waals surface area contributed by atoms with E-state index < -0.39 is 30.2 Å². The van der Waals surface area contributed by atoms with E-state index in [-0.39, 0.29) is 28.5 Å². The van der Waals surface area contributed by atoms with Crippen molar-refractivity contribution in [3.63, 3.8) is 0 Å². The molecule has 0 aliphatic carbocycles. The Labute approximate surface area is 439 Å². The van der Waals surface area contributed by atoms with Crippen LogP contribution in [0.25, 0.3) is 101 Å². The fraction of sp³-hybridized carbons (Fsp3) is 0. The first kappa shape index (κ1) is 35.2. The molecule has 3 heterocycles. The van der Waals surface area contributed by atoms with Crippen LogP contribution < -0.4 is 9.80 Å². The average Bonchev–Trinajstić information content (AvgIpc) is 4.24. The zero-order valence-electron chi connectivity index (χ0n) is 45.9. The summed E-state index contributed by atoms with van der Waals surface area (Å²) in [7, 11) is 0. The van der Waals surface area contributed by atoms with Gasteiger partial charge in [-0.3, -0.25) is 0 Å². The van der Waals surface area contributed by atoms with E-state index in [1.54, 1.807) is 22.7 Å². The number of thiophene rings is 2. The average molecular weight is 973 g/mol. The number of hydrogen-bond acceptors (Lipinski definition) is 4. The number of fused-ring (bicyclic) bond motifs is 12. The molecule has 0 spiro atoms. The third kappa shape index (κ3) is 6.85. The Kier molecular flexibility index (Phi) is 8.10. The summed E-state index contributed by atoms with van der Waals surface area (Å²) < 4.78 is 70.0. The van der Waals surface area contributed by atoms with Gasteiger partial charge in [-0.1, -0.05) is 145 Å². The molecule has 342 valence electrons. The molecule has 73 heavy (non-hydrogen) atoms. The Hall–Kier alpha value is -9.00. The molecule has 0 amide bonds. The van der Waals surface area contributed by atoms with Crippen LogP contribution >= 0.6 is 22.7 Å². The molecule has 3 nitrogen and oxygen atoms in total. The van der Waals surface area contributed by atoms with Crippen molar-refractivity contribution in [2.24, 2.45) is 0 Å². The van der Waals surface area contributed by atoms with E-state index in [9.17, 15) is 2.74 Å². The molecule has 0 aliphatic rings. The van der Waals surface area contributed by atoms with Gasteiger partial charge in [-0.2, -0.15) is 0 Å². The van der Waals surface area contributed by atoms with E-state index in [0.717, 1.165) is 66.8 Å². The molecular formula is C68H43N3S2. The van der Waals surface area contributed by atoms with Crippen molar-refractivity contribution >= 4 is 140 Å². The second-order valence-electron chi connectivity index (χ2n) is 18.4. The van der Waals surface area contributed by atoms with E-state index in [1.807, 2.05) is 47.0 Å². The first-order chi connectivity index (χ1) is 39.1. The van der Waals surface area contributed by atoms with E-state index in [0.29, 0.717) is 11.0 Å². The molecule has 0 atom stereocenters. The predicted octanol–water partition coefficient (Wildman–Crippen LogP) is 20.4. The summed E-state index contributed by atoms with van der Waals surface area (Å²) in [4.78, 5) is 4.68. The first-order valence-electron chi connectivity index (χ1n) is 27.7. The number of rotatable bonds is 8. The van der Waals surface area contributed by atoms with Crippen molar-refractivity contribution in [1.82, 2.24) is 4.57 Å². The largest absolute Gasteiger partial charge is 0.310 e. The fourth-order valence-corrected chi connectivity index (χ4v) is 13.1. The number of para-hydroxylation sites is 2. The Morgan fingerprint density at radius 3 is 1.52 bits per heavy atom. The summed E-state index contributed by atoms with van der Waals surface area (Å²) in [6.45, 7) is 0. The van der Waals surface area contributed by atoms with Gasteiger partial charge in [0.25, 0.3) is 0 Å². The lowest BCUT2D eigenvalue weighted by atomic mass is 9.98. The highest BCUT2D eigenvalue weighted by Crippen LogP contribution is 2.48. The zero-order valence-corrected chi connectivity index (χ0v) is 40.6. The second-order valence-corrected chi connectivity index (χ2v) is 20.5. The molecule has 0 saturated carbocycles. The monoisotopic (exact) mass is 972 g/mol. The number of nitrogens with zero attached hydrogens (tertiary/aromatic N) is 3. The molecule has 12 aromatic carbocycles. The molecular weight excluding hydrogens is 923 g/mol. The van der Waals surface area contributed by atoms with Crippen LogP contribution in [0.4, 0.5) is 34.1 Å². The summed E-state index contributed by atoms with van der Waals surface area (Å²) in [6.07, 6.45) is 0. The highest BCUT2D eigenvalue weighted by atomic mass is 32.1. The Morgan fingerprint density at radius 1 is 0.315 bits per heavy atom. The third-order valence-electron chi connectivity index (χ3n) is 14.2. The molecule has 15 rings (SSSR count). The maximum atomic E-state index is 9.55. The van der Waals surface area contributed by atoms with Crippen LogP contribution in [0.2, 0.25) is 0 Å². The van der Waals surface area contributed by atoms with E-state index >= 15 is 0 Å². The van der Waals surface area contributed by atoms with Crippen molar-refractivity contribution in [3.05, 3.63) is 261 Å². The summed E-state index contributed by atoms with van der Waals surface area (Å²) >= 11 is 3.59. The highest BCUT2D eigenvalue weighted by Gasteiger charge is 2.23. The third-order valence-corrected chi connectivity index (χ3v) is 16.5. The van der Waals surface area contributed by atoms with Gasteiger partial charge < -0.3 is 14.4 Å². The Morgan fingerprint density at radius 2 is 0.863 bits per heavy atom. The van der Waals surface area contributed by atoms with E-state index in [2.05, 4.69) is 186 Å². The lowest BCUT2D eigenvalue weighted by Crippen LogP contribution is -2.13. The van der Waals surface area contributed by atoms with Gasteiger partial charge in [-0.25, -0.2) is 0 Å². The van der Waals surface area contributed by atoms with Gasteiger partial charge in [-0.15, -0.1) is 22.7 Å². The number of benzene rings is 12. The topological polar surface area (TPSA) is 11.4 Å². The van der Waals surface area contributed by atoms with Gasteiger partial charge in [0.15, 0.2) is 0 Å². The molecule has 15 aromatic rings. The maximum Gasteiger partial charge on any atom is 0.0645 e. The van der Waals surface area contributed by atoms with Crippen molar-refractivity contribution < 1.29 is 9.60 Å². The van der Waals surface area contributed by atoms with Crippen molar-refractivity contribution in [3.8, 4) is 16.8 Å². The SMILES string of the molecule is [2H]c1c([2H])c([2H])c2c(-n3c4ccc(-c5cc(N(c6ccccc6)c6ccc7sc8ccccc8c7c6)cc(N(c6ccccc6)c6ccc7sc8ccccc8c7c6)c5)cc4c4c5ccccc5ccc43)c([2H])c([2H])c([2H])c2c1[2H]. The van der Waals surface area contributed by atoms with Crippen LogP contribution in [0, 0.1) is 0 Å². The number of aromatic nitrogens is 1. The molecule has 0 N–H and O–H groups in total. The van der Waals surface area contributed by atoms with Gasteiger partial charge in [-0.05, 0) is 143 Å². The summed E-state index contributed by atoms with van der Waals surface area (Å²) in [6, 6.07) is 74.1. The summed E-state index contributed by atoms with van der Waals surface area (Å²) in [5.74, 6) is 0. The Bertz CT molecular complexity index is 4890. The molecule has 0 aliphatic heterocycles. The van der Waals surface area contributed by atoms with Crippen molar-refractivity contribution in [2.45, 2.75) is 0 Å². The van der Waals surface area contributed by atoms with Crippen LogP contribution in [0.5, 0.6) is 0 Å². The molecule has 0 radical (unpaired) electrons. The minimum absolute atomic E-state index is 0.0275. The zero-order chi connectivity index (χ0) is 54.1. The fourth-order valence-electron chi connectivity index (χ4n) is 11.0. The molecule has 0 saturated heterocycles. The number of hydrogen-bond donors (Lipinski definition) is 0. The van der Waals surface area contributed by atoms with Crippen LogP contribution in [0.1, 0.15) is 9.60 Å². The van der Waals surface area contributed by atoms with Gasteiger partial charge in [0.1, 0.15) is 0 Å². The predicted molar refractivity (Wildman–Crippen MR) is 316 cm³/mol. The van der Waals surface area contributed by atoms with Crippen LogP contribution in [0.3, 0.4) is 0 Å². The molecule has 3 aromatic heterocycles. The van der Waals surface area contributed by atoms with Crippen LogP contribution in [-0.2, 0) is 0 Å². The van der Waals surface area contributed by atoms with E-state index in [1.165, 1.54) is 40.3 Å². The Balaban J connectivity index is 1.03.